The first-order valence-electron chi connectivity index (χ1n) is 8.55. The van der Waals surface area contributed by atoms with E-state index in [0.717, 1.165) is 50.1 Å². The van der Waals surface area contributed by atoms with Crippen molar-refractivity contribution in [1.29, 1.82) is 0 Å². The lowest BCUT2D eigenvalue weighted by Crippen LogP contribution is -2.56. The molecular formula is C19H24ClNO2. The number of benzene rings is 1. The van der Waals surface area contributed by atoms with Gasteiger partial charge in [0.2, 0.25) is 0 Å². The smallest absolute Gasteiger partial charge is 0.338 e. The first kappa shape index (κ1) is 16.5. The van der Waals surface area contributed by atoms with Crippen molar-refractivity contribution in [3.05, 3.63) is 47.2 Å². The van der Waals surface area contributed by atoms with Crippen LogP contribution in [0.1, 0.15) is 45.1 Å². The van der Waals surface area contributed by atoms with E-state index in [2.05, 4.69) is 18.7 Å². The third-order valence-electron chi connectivity index (χ3n) is 5.05. The van der Waals surface area contributed by atoms with Gasteiger partial charge in [-0.1, -0.05) is 55.8 Å². The zero-order valence-electron chi connectivity index (χ0n) is 13.8. The molecule has 1 heterocycles. The highest BCUT2D eigenvalue weighted by Gasteiger charge is 2.54. The zero-order valence-corrected chi connectivity index (χ0v) is 14.6. The molecule has 0 saturated carbocycles. The van der Waals surface area contributed by atoms with Crippen LogP contribution in [0.2, 0.25) is 0 Å². The highest BCUT2D eigenvalue weighted by molar-refractivity contribution is 6.35. The molecule has 2 atom stereocenters. The molecule has 0 saturated heterocycles. The maximum Gasteiger partial charge on any atom is 0.338 e. The number of carbonyl (C=O) groups excluding carboxylic acids is 1. The van der Waals surface area contributed by atoms with Crippen LogP contribution in [0.25, 0.3) is 0 Å². The summed E-state index contributed by atoms with van der Waals surface area (Å²) in [6.07, 6.45) is 4.03. The lowest BCUT2D eigenvalue weighted by molar-refractivity contribution is -0.147. The first-order valence-corrected chi connectivity index (χ1v) is 8.93. The third-order valence-corrected chi connectivity index (χ3v) is 5.63. The van der Waals surface area contributed by atoms with E-state index in [1.807, 2.05) is 30.3 Å². The number of nitrogens with zero attached hydrogens (tertiary/aromatic N) is 1. The van der Waals surface area contributed by atoms with Gasteiger partial charge in [-0.2, -0.15) is 0 Å². The molecule has 0 amide bonds. The number of esters is 1. The van der Waals surface area contributed by atoms with Crippen LogP contribution in [0.3, 0.4) is 0 Å². The van der Waals surface area contributed by atoms with Gasteiger partial charge in [0.05, 0.1) is 6.04 Å². The summed E-state index contributed by atoms with van der Waals surface area (Å²) in [6.45, 7) is 5.95. The molecule has 0 radical (unpaired) electrons. The Morgan fingerprint density at radius 1 is 1.17 bits per heavy atom. The van der Waals surface area contributed by atoms with Crippen molar-refractivity contribution < 1.29 is 9.53 Å². The van der Waals surface area contributed by atoms with E-state index in [1.54, 1.807) is 0 Å². The molecule has 0 N–H and O–H groups in total. The van der Waals surface area contributed by atoms with Crippen LogP contribution in [0, 0.1) is 0 Å². The van der Waals surface area contributed by atoms with Crippen molar-refractivity contribution in [3.63, 3.8) is 0 Å². The van der Waals surface area contributed by atoms with E-state index in [9.17, 15) is 4.79 Å². The predicted octanol–water partition coefficient (Wildman–Crippen LogP) is 4.22. The summed E-state index contributed by atoms with van der Waals surface area (Å²) in [5.41, 5.74) is 2.04. The molecular weight excluding hydrogens is 310 g/mol. The summed E-state index contributed by atoms with van der Waals surface area (Å²) in [5.74, 6) is 0.535. The Labute approximate surface area is 143 Å². The predicted molar refractivity (Wildman–Crippen MR) is 92.3 cm³/mol. The molecule has 0 bridgehead atoms. The SMILES string of the molecule is CCN(CC)[C@H]1C2=C(CCCC2)OC(=O)[C@]1(Cl)c1ccccc1. The van der Waals surface area contributed by atoms with Crippen LogP contribution >= 0.6 is 11.6 Å². The number of ether oxygens (including phenoxy) is 1. The van der Waals surface area contributed by atoms with Crippen LogP contribution < -0.4 is 0 Å². The van der Waals surface area contributed by atoms with E-state index in [-0.39, 0.29) is 12.0 Å². The molecule has 124 valence electrons. The number of carbonyl (C=O) groups is 1. The maximum absolute atomic E-state index is 12.9. The molecule has 1 aromatic rings. The molecule has 1 aliphatic heterocycles. The van der Waals surface area contributed by atoms with Gasteiger partial charge in [0.1, 0.15) is 5.76 Å². The third kappa shape index (κ3) is 2.70. The van der Waals surface area contributed by atoms with Gasteiger partial charge < -0.3 is 4.74 Å². The van der Waals surface area contributed by atoms with E-state index < -0.39 is 4.87 Å². The Bertz CT molecular complexity index is 609. The Hall–Kier alpha value is -1.32. The van der Waals surface area contributed by atoms with Crippen LogP contribution in [-0.4, -0.2) is 30.0 Å². The molecule has 0 fully saturated rings. The Morgan fingerprint density at radius 3 is 2.48 bits per heavy atom. The molecule has 3 nitrogen and oxygen atoms in total. The van der Waals surface area contributed by atoms with Gasteiger partial charge in [0.25, 0.3) is 0 Å². The monoisotopic (exact) mass is 333 g/mol. The fourth-order valence-electron chi connectivity index (χ4n) is 3.86. The average molecular weight is 334 g/mol. The van der Waals surface area contributed by atoms with Crippen molar-refractivity contribution in [3.8, 4) is 0 Å². The number of likely N-dealkylation sites (N-methyl/N-ethyl adjacent to an activating group) is 1. The maximum atomic E-state index is 12.9. The topological polar surface area (TPSA) is 29.5 Å². The second-order valence-corrected chi connectivity index (χ2v) is 6.84. The Balaban J connectivity index is 2.16. The van der Waals surface area contributed by atoms with Crippen molar-refractivity contribution in [1.82, 2.24) is 4.90 Å². The number of alkyl halides is 1. The van der Waals surface area contributed by atoms with Crippen LogP contribution in [0.4, 0.5) is 0 Å². The van der Waals surface area contributed by atoms with Gasteiger partial charge in [0, 0.05) is 6.42 Å². The van der Waals surface area contributed by atoms with E-state index in [0.29, 0.717) is 0 Å². The van der Waals surface area contributed by atoms with Gasteiger partial charge in [0.15, 0.2) is 4.87 Å². The summed E-state index contributed by atoms with van der Waals surface area (Å²) < 4.78 is 5.71. The number of allylic oxidation sites excluding steroid dienone is 1. The van der Waals surface area contributed by atoms with E-state index >= 15 is 0 Å². The van der Waals surface area contributed by atoms with Crippen LogP contribution in [-0.2, 0) is 14.4 Å². The second kappa shape index (κ2) is 6.66. The van der Waals surface area contributed by atoms with Crippen molar-refractivity contribution in [2.24, 2.45) is 0 Å². The van der Waals surface area contributed by atoms with Gasteiger partial charge in [-0.3, -0.25) is 4.90 Å². The van der Waals surface area contributed by atoms with Crippen molar-refractivity contribution in [2.45, 2.75) is 50.4 Å². The molecule has 0 unspecified atom stereocenters. The van der Waals surface area contributed by atoms with Crippen molar-refractivity contribution in [2.75, 3.05) is 13.1 Å². The van der Waals surface area contributed by atoms with Gasteiger partial charge in [-0.25, -0.2) is 4.79 Å². The molecule has 23 heavy (non-hydrogen) atoms. The van der Waals surface area contributed by atoms with Crippen LogP contribution in [0.15, 0.2) is 41.7 Å². The summed E-state index contributed by atoms with van der Waals surface area (Å²) in [4.78, 5) is 14.0. The Kier molecular flexibility index (Phi) is 4.79. The summed E-state index contributed by atoms with van der Waals surface area (Å²) in [5, 5.41) is 0. The lowest BCUT2D eigenvalue weighted by atomic mass is 9.78. The first-order chi connectivity index (χ1) is 11.1. The number of rotatable bonds is 4. The molecule has 1 aliphatic carbocycles. The number of halogens is 1. The number of hydrogen-bond acceptors (Lipinski definition) is 3. The van der Waals surface area contributed by atoms with Crippen molar-refractivity contribution >= 4 is 17.6 Å². The fourth-order valence-corrected chi connectivity index (χ4v) is 4.30. The minimum Gasteiger partial charge on any atom is -0.429 e. The fraction of sp³-hybridized carbons (Fsp3) is 0.526. The molecule has 4 heteroatoms. The summed E-state index contributed by atoms with van der Waals surface area (Å²) >= 11 is 7.04. The average Bonchev–Trinajstić information content (AvgIpc) is 2.60. The normalized spacial score (nSPS) is 27.8. The largest absolute Gasteiger partial charge is 0.429 e. The minimum absolute atomic E-state index is 0.127. The van der Waals surface area contributed by atoms with Crippen LogP contribution in [0.5, 0.6) is 0 Å². The molecule has 0 aromatic heterocycles. The quantitative estimate of drug-likeness (QED) is 0.610. The lowest BCUT2D eigenvalue weighted by Gasteiger charge is -2.46. The van der Waals surface area contributed by atoms with Gasteiger partial charge in [-0.15, -0.1) is 0 Å². The summed E-state index contributed by atoms with van der Waals surface area (Å²) in [6, 6.07) is 9.53. The van der Waals surface area contributed by atoms with E-state index in [1.165, 1.54) is 5.57 Å². The molecule has 0 spiro atoms. The highest BCUT2D eigenvalue weighted by atomic mass is 35.5. The highest BCUT2D eigenvalue weighted by Crippen LogP contribution is 2.48. The number of hydrogen-bond donors (Lipinski definition) is 0. The molecule has 2 aliphatic rings. The second-order valence-electron chi connectivity index (χ2n) is 6.25. The summed E-state index contributed by atoms with van der Waals surface area (Å²) in [7, 11) is 0. The van der Waals surface area contributed by atoms with Gasteiger partial charge >= 0.3 is 5.97 Å². The standard InChI is InChI=1S/C19H24ClNO2/c1-3-21(4-2)17-15-12-8-9-13-16(15)23-18(22)19(17,20)14-10-6-5-7-11-14/h5-7,10-11,17H,3-4,8-9,12-13H2,1-2H3/t17-,19-/m0/s1. The molecule has 3 rings (SSSR count). The van der Waals surface area contributed by atoms with E-state index in [4.69, 9.17) is 16.3 Å². The van der Waals surface area contributed by atoms with Gasteiger partial charge in [-0.05, 0) is 43.5 Å². The Morgan fingerprint density at radius 2 is 1.83 bits per heavy atom. The molecule has 1 aromatic carbocycles. The minimum atomic E-state index is -1.16. The zero-order chi connectivity index (χ0) is 16.4.